The number of hydrogen-bond donors (Lipinski definition) is 0. The second kappa shape index (κ2) is 6.39. The first kappa shape index (κ1) is 18.1. The van der Waals surface area contributed by atoms with Crippen LogP contribution in [-0.2, 0) is 15.9 Å². The maximum Gasteiger partial charge on any atom is 0.525 e. The van der Waals surface area contributed by atoms with Gasteiger partial charge in [0.2, 0.25) is 6.79 Å². The molecule has 0 amide bonds. The molecule has 2 aliphatic heterocycles. The molecule has 1 aromatic heterocycles. The van der Waals surface area contributed by atoms with Crippen LogP contribution in [0.2, 0.25) is 0 Å². The summed E-state index contributed by atoms with van der Waals surface area (Å²) in [7, 11) is -1.02. The van der Waals surface area contributed by atoms with Gasteiger partial charge in [0.1, 0.15) is 5.73 Å². The van der Waals surface area contributed by atoms with Crippen molar-refractivity contribution in [3.63, 3.8) is 0 Å². The second-order valence-electron chi connectivity index (χ2n) is 7.75. The van der Waals surface area contributed by atoms with Gasteiger partial charge >= 0.3 is 7.12 Å². The van der Waals surface area contributed by atoms with E-state index in [1.54, 1.807) is 12.5 Å². The Morgan fingerprint density at radius 1 is 1.19 bits per heavy atom. The third-order valence-corrected chi connectivity index (χ3v) is 5.30. The summed E-state index contributed by atoms with van der Waals surface area (Å²) in [5, 5.41) is 0. The minimum atomic E-state index is -1.02. The van der Waals surface area contributed by atoms with Crippen molar-refractivity contribution >= 4 is 13.2 Å². The number of hydrogen-bond acceptors (Lipinski definition) is 5. The lowest BCUT2D eigenvalue weighted by molar-refractivity contribution is 0.00578. The predicted octanol–water partition coefficient (Wildman–Crippen LogP) is 3.60. The van der Waals surface area contributed by atoms with E-state index in [9.17, 15) is 4.39 Å². The number of rotatable bonds is 4. The van der Waals surface area contributed by atoms with Crippen LogP contribution in [-0.4, -0.2) is 34.7 Å². The van der Waals surface area contributed by atoms with E-state index in [1.165, 1.54) is 6.08 Å². The van der Waals surface area contributed by atoms with E-state index in [4.69, 9.17) is 18.8 Å². The molecule has 0 atom stereocenters. The van der Waals surface area contributed by atoms with E-state index in [1.807, 2.05) is 50.5 Å². The molecule has 2 aliphatic rings. The number of nitrogens with zero attached hydrogens (tertiary/aromatic N) is 2. The molecule has 2 aromatic rings. The summed E-state index contributed by atoms with van der Waals surface area (Å²) in [5.41, 5.74) is -0.0329. The summed E-state index contributed by atoms with van der Waals surface area (Å²) in [6.45, 7) is 8.33. The van der Waals surface area contributed by atoms with Gasteiger partial charge in [-0.15, -0.1) is 0 Å². The summed E-state index contributed by atoms with van der Waals surface area (Å²) >= 11 is 0. The number of aromatic nitrogens is 2. The molecule has 0 N–H and O–H groups in total. The Balaban J connectivity index is 1.53. The van der Waals surface area contributed by atoms with Gasteiger partial charge in [-0.3, -0.25) is 0 Å². The van der Waals surface area contributed by atoms with Gasteiger partial charge in [0.25, 0.3) is 0 Å². The zero-order chi connectivity index (χ0) is 19.2. The first-order valence-electron chi connectivity index (χ1n) is 8.86. The normalized spacial score (nSPS) is 20.3. The third-order valence-electron chi connectivity index (χ3n) is 5.30. The van der Waals surface area contributed by atoms with Crippen LogP contribution in [0.3, 0.4) is 0 Å². The van der Waals surface area contributed by atoms with Crippen molar-refractivity contribution in [3.05, 3.63) is 47.7 Å². The quantitative estimate of drug-likeness (QED) is 0.768. The van der Waals surface area contributed by atoms with Crippen molar-refractivity contribution in [3.8, 4) is 11.5 Å². The van der Waals surface area contributed by atoms with Gasteiger partial charge in [0.15, 0.2) is 11.5 Å². The minimum absolute atomic E-state index is 0.233. The molecule has 1 fully saturated rings. The number of benzene rings is 1. The van der Waals surface area contributed by atoms with Crippen molar-refractivity contribution in [2.75, 3.05) is 6.79 Å². The molecule has 0 aliphatic carbocycles. The number of ether oxygens (including phenoxy) is 2. The van der Waals surface area contributed by atoms with Crippen molar-refractivity contribution in [1.82, 2.24) is 9.55 Å². The third kappa shape index (κ3) is 3.35. The van der Waals surface area contributed by atoms with Crippen LogP contribution in [0, 0.1) is 0 Å². The molecule has 0 bridgehead atoms. The zero-order valence-corrected chi connectivity index (χ0v) is 15.9. The Morgan fingerprint density at radius 2 is 1.89 bits per heavy atom. The van der Waals surface area contributed by atoms with E-state index >= 15 is 0 Å². The number of halogens is 1. The summed E-state index contributed by atoms with van der Waals surface area (Å²) in [5.74, 6) is 1.45. The van der Waals surface area contributed by atoms with Crippen LogP contribution >= 0.6 is 0 Å². The molecule has 0 saturated carbocycles. The second-order valence-corrected chi connectivity index (χ2v) is 7.75. The molecule has 0 radical (unpaired) electrons. The highest BCUT2D eigenvalue weighted by atomic mass is 19.1. The van der Waals surface area contributed by atoms with Gasteiger partial charge < -0.3 is 23.3 Å². The highest BCUT2D eigenvalue weighted by Crippen LogP contribution is 2.39. The molecule has 0 unspecified atom stereocenters. The summed E-state index contributed by atoms with van der Waals surface area (Å²) in [6.07, 6.45) is 4.67. The van der Waals surface area contributed by atoms with Crippen LogP contribution in [0.4, 0.5) is 4.39 Å². The summed E-state index contributed by atoms with van der Waals surface area (Å²) in [4.78, 5) is 4.14. The highest BCUT2D eigenvalue weighted by Gasteiger charge is 2.53. The lowest BCUT2D eigenvalue weighted by Crippen LogP contribution is -2.41. The van der Waals surface area contributed by atoms with E-state index in [0.717, 1.165) is 11.3 Å². The predicted molar refractivity (Wildman–Crippen MR) is 99.1 cm³/mol. The minimum Gasteiger partial charge on any atom is -0.454 e. The van der Waals surface area contributed by atoms with E-state index in [-0.39, 0.29) is 6.79 Å². The number of fused-ring (bicyclic) bond motifs is 1. The van der Waals surface area contributed by atoms with Gasteiger partial charge in [-0.2, -0.15) is 0 Å². The molecule has 8 heteroatoms. The number of imidazole rings is 1. The fraction of sp³-hybridized carbons (Fsp3) is 0.421. The average molecular weight is 372 g/mol. The van der Waals surface area contributed by atoms with Gasteiger partial charge in [0, 0.05) is 6.54 Å². The van der Waals surface area contributed by atoms with Crippen LogP contribution in [0.5, 0.6) is 11.5 Å². The van der Waals surface area contributed by atoms with Crippen molar-refractivity contribution in [1.29, 1.82) is 0 Å². The largest absolute Gasteiger partial charge is 0.525 e. The van der Waals surface area contributed by atoms with Crippen molar-refractivity contribution in [2.24, 2.45) is 0 Å². The molecule has 1 aromatic carbocycles. The summed E-state index contributed by atoms with van der Waals surface area (Å²) in [6, 6.07) is 5.74. The zero-order valence-electron chi connectivity index (χ0n) is 15.9. The standard InChI is InChI=1S/C19H22BFN2O4/c1-18(2)19(3,4)27-20(26-18)17(21)8-14-9-22-11-23(14)10-13-5-6-15-16(7-13)25-12-24-15/h5-9,11H,10,12H2,1-4H3. The SMILES string of the molecule is CC1(C)OB(C(F)=Cc2cncn2Cc2ccc3c(c2)OCO3)OC1(C)C. The first-order valence-corrected chi connectivity index (χ1v) is 8.86. The Labute approximate surface area is 158 Å². The molecule has 1 saturated heterocycles. The van der Waals surface area contributed by atoms with E-state index in [0.29, 0.717) is 18.0 Å². The maximum atomic E-state index is 14.8. The van der Waals surface area contributed by atoms with E-state index in [2.05, 4.69) is 4.98 Å². The molecule has 6 nitrogen and oxygen atoms in total. The highest BCUT2D eigenvalue weighted by molar-refractivity contribution is 6.54. The lowest BCUT2D eigenvalue weighted by atomic mass is 9.87. The molecular formula is C19H22BFN2O4. The monoisotopic (exact) mass is 372 g/mol. The molecule has 3 heterocycles. The van der Waals surface area contributed by atoms with E-state index < -0.39 is 24.0 Å². The fourth-order valence-corrected chi connectivity index (χ4v) is 2.98. The Morgan fingerprint density at radius 3 is 2.63 bits per heavy atom. The van der Waals surface area contributed by atoms with Crippen molar-refractivity contribution < 1.29 is 23.2 Å². The maximum absolute atomic E-state index is 14.8. The molecule has 27 heavy (non-hydrogen) atoms. The van der Waals surface area contributed by atoms with Crippen LogP contribution < -0.4 is 9.47 Å². The summed E-state index contributed by atoms with van der Waals surface area (Å²) < 4.78 is 38.9. The fourth-order valence-electron chi connectivity index (χ4n) is 2.98. The van der Waals surface area contributed by atoms with Crippen LogP contribution in [0.1, 0.15) is 39.0 Å². The van der Waals surface area contributed by atoms with Crippen LogP contribution in [0.15, 0.2) is 36.4 Å². The van der Waals surface area contributed by atoms with Gasteiger partial charge in [-0.1, -0.05) is 6.07 Å². The molecule has 0 spiro atoms. The topological polar surface area (TPSA) is 54.7 Å². The molecular weight excluding hydrogens is 350 g/mol. The molecule has 4 rings (SSSR count). The van der Waals surface area contributed by atoms with Crippen molar-refractivity contribution in [2.45, 2.75) is 45.4 Å². The smallest absolute Gasteiger partial charge is 0.454 e. The lowest BCUT2D eigenvalue weighted by Gasteiger charge is -2.32. The van der Waals surface area contributed by atoms with Gasteiger partial charge in [-0.05, 0) is 51.5 Å². The molecule has 142 valence electrons. The van der Waals surface area contributed by atoms with Gasteiger partial charge in [-0.25, -0.2) is 9.37 Å². The Hall–Kier alpha value is -2.32. The Kier molecular flexibility index (Phi) is 4.27. The first-order chi connectivity index (χ1) is 12.7. The van der Waals surface area contributed by atoms with Gasteiger partial charge in [0.05, 0.1) is 29.4 Å². The van der Waals surface area contributed by atoms with Crippen LogP contribution in [0.25, 0.3) is 6.08 Å². The average Bonchev–Trinajstić information content (AvgIpc) is 3.27. The Bertz CT molecular complexity index is 878.